The topological polar surface area (TPSA) is 75.3 Å². The lowest BCUT2D eigenvalue weighted by molar-refractivity contribution is -0.122. The van der Waals surface area contributed by atoms with Gasteiger partial charge in [0.05, 0.1) is 6.61 Å². The summed E-state index contributed by atoms with van der Waals surface area (Å²) in [5.41, 5.74) is 7.45. The number of benzene rings is 1. The van der Waals surface area contributed by atoms with Crippen LogP contribution in [0.4, 0.5) is 5.69 Å². The van der Waals surface area contributed by atoms with Crippen LogP contribution >= 0.6 is 0 Å². The van der Waals surface area contributed by atoms with Gasteiger partial charge in [-0.3, -0.25) is 4.79 Å². The minimum absolute atomic E-state index is 0.0547. The van der Waals surface area contributed by atoms with Crippen LogP contribution in [-0.2, 0) is 4.79 Å². The first-order valence-corrected chi connectivity index (χ1v) is 7.78. The van der Waals surface area contributed by atoms with Gasteiger partial charge in [-0.05, 0) is 36.5 Å². The lowest BCUT2D eigenvalue weighted by atomic mass is 9.87. The number of carbonyl (C=O) groups is 1. The Hall–Kier alpha value is -1.55. The van der Waals surface area contributed by atoms with E-state index in [-0.39, 0.29) is 23.8 Å². The zero-order valence-corrected chi connectivity index (χ0v) is 12.8. The van der Waals surface area contributed by atoms with Crippen LogP contribution in [0.2, 0.25) is 0 Å². The third-order valence-corrected chi connectivity index (χ3v) is 4.66. The average molecular weight is 290 g/mol. The van der Waals surface area contributed by atoms with Crippen molar-refractivity contribution >= 4 is 11.6 Å². The minimum atomic E-state index is -0.0832. The van der Waals surface area contributed by atoms with Crippen molar-refractivity contribution in [2.45, 2.75) is 44.9 Å². The number of nitrogens with one attached hydrogen (secondary N) is 1. The maximum Gasteiger partial charge on any atom is 0.220 e. The van der Waals surface area contributed by atoms with Gasteiger partial charge in [-0.1, -0.05) is 31.9 Å². The number of nitrogens with two attached hydrogens (primary N) is 1. The summed E-state index contributed by atoms with van der Waals surface area (Å²) < 4.78 is 0. The number of aliphatic hydroxyl groups excluding tert-OH is 1. The Morgan fingerprint density at radius 2 is 1.95 bits per heavy atom. The Balaban J connectivity index is 1.82. The maximum absolute atomic E-state index is 12.1. The van der Waals surface area contributed by atoms with Crippen LogP contribution in [0.1, 0.15) is 50.5 Å². The zero-order valence-electron chi connectivity index (χ0n) is 12.8. The predicted octanol–water partition coefficient (Wildman–Crippen LogP) is 2.43. The summed E-state index contributed by atoms with van der Waals surface area (Å²) in [7, 11) is 0. The highest BCUT2D eigenvalue weighted by molar-refractivity contribution is 5.76. The summed E-state index contributed by atoms with van der Waals surface area (Å²) in [6.07, 6.45) is 4.79. The number of anilines is 1. The second-order valence-corrected chi connectivity index (χ2v) is 6.41. The SMILES string of the molecule is CC(CC(=O)NCC1(CO)CCCC1)c1ccc(N)cc1. The fourth-order valence-corrected chi connectivity index (χ4v) is 3.09. The van der Waals surface area contributed by atoms with Gasteiger partial charge < -0.3 is 16.2 Å². The molecule has 1 aromatic rings. The van der Waals surface area contributed by atoms with Crippen molar-refractivity contribution in [3.8, 4) is 0 Å². The van der Waals surface area contributed by atoms with Crippen LogP contribution in [0.15, 0.2) is 24.3 Å². The Bertz CT molecular complexity index is 464. The molecule has 1 amide bonds. The number of hydrogen-bond donors (Lipinski definition) is 3. The van der Waals surface area contributed by atoms with E-state index in [1.807, 2.05) is 31.2 Å². The van der Waals surface area contributed by atoms with Crippen molar-refractivity contribution in [3.63, 3.8) is 0 Å². The van der Waals surface area contributed by atoms with Crippen LogP contribution in [0.25, 0.3) is 0 Å². The van der Waals surface area contributed by atoms with Crippen molar-refractivity contribution in [3.05, 3.63) is 29.8 Å². The fraction of sp³-hybridized carbons (Fsp3) is 0.588. The van der Waals surface area contributed by atoms with Gasteiger partial charge in [0.25, 0.3) is 0 Å². The lowest BCUT2D eigenvalue weighted by Gasteiger charge is -2.26. The fourth-order valence-electron chi connectivity index (χ4n) is 3.09. The first kappa shape index (κ1) is 15.8. The molecule has 1 aromatic carbocycles. The van der Waals surface area contributed by atoms with E-state index in [0.717, 1.165) is 36.9 Å². The third kappa shape index (κ3) is 4.21. The van der Waals surface area contributed by atoms with Crippen molar-refractivity contribution < 1.29 is 9.90 Å². The Kier molecular flexibility index (Phi) is 5.23. The van der Waals surface area contributed by atoms with E-state index >= 15 is 0 Å². The highest BCUT2D eigenvalue weighted by atomic mass is 16.3. The van der Waals surface area contributed by atoms with Gasteiger partial charge in [-0.25, -0.2) is 0 Å². The number of rotatable bonds is 6. The summed E-state index contributed by atoms with van der Waals surface area (Å²) in [5.74, 6) is 0.221. The van der Waals surface area contributed by atoms with Gasteiger partial charge in [-0.15, -0.1) is 0 Å². The molecule has 2 rings (SSSR count). The standard InChI is InChI=1S/C17H26N2O2/c1-13(14-4-6-15(18)7-5-14)10-16(21)19-11-17(12-20)8-2-3-9-17/h4-7,13,20H,2-3,8-12,18H2,1H3,(H,19,21). The summed E-state index contributed by atoms with van der Waals surface area (Å²) >= 11 is 0. The predicted molar refractivity (Wildman–Crippen MR) is 84.9 cm³/mol. The van der Waals surface area contributed by atoms with Gasteiger partial charge in [0.2, 0.25) is 5.91 Å². The van der Waals surface area contributed by atoms with Gasteiger partial charge in [0, 0.05) is 24.1 Å². The van der Waals surface area contributed by atoms with Gasteiger partial charge >= 0.3 is 0 Å². The maximum atomic E-state index is 12.1. The van der Waals surface area contributed by atoms with Crippen molar-refractivity contribution in [2.24, 2.45) is 5.41 Å². The van der Waals surface area contributed by atoms with Crippen molar-refractivity contribution in [1.82, 2.24) is 5.32 Å². The Morgan fingerprint density at radius 1 is 1.33 bits per heavy atom. The van der Waals surface area contributed by atoms with E-state index in [0.29, 0.717) is 13.0 Å². The normalized spacial score (nSPS) is 18.4. The summed E-state index contributed by atoms with van der Waals surface area (Å²) in [6, 6.07) is 7.67. The highest BCUT2D eigenvalue weighted by Gasteiger charge is 2.33. The first-order chi connectivity index (χ1) is 10.0. The molecule has 116 valence electrons. The van der Waals surface area contributed by atoms with Gasteiger partial charge in [0.1, 0.15) is 0 Å². The van der Waals surface area contributed by atoms with Crippen LogP contribution < -0.4 is 11.1 Å². The molecule has 1 fully saturated rings. The molecule has 0 heterocycles. The molecule has 0 spiro atoms. The van der Waals surface area contributed by atoms with E-state index in [9.17, 15) is 9.90 Å². The number of carbonyl (C=O) groups excluding carboxylic acids is 1. The molecule has 4 N–H and O–H groups in total. The zero-order chi connectivity index (χ0) is 15.3. The lowest BCUT2D eigenvalue weighted by Crippen LogP contribution is -2.38. The number of aliphatic hydroxyl groups is 1. The second-order valence-electron chi connectivity index (χ2n) is 6.41. The summed E-state index contributed by atoms with van der Waals surface area (Å²) in [5, 5.41) is 12.6. The third-order valence-electron chi connectivity index (χ3n) is 4.66. The van der Waals surface area contributed by atoms with Crippen LogP contribution in [-0.4, -0.2) is 24.2 Å². The van der Waals surface area contributed by atoms with E-state index in [1.54, 1.807) is 0 Å². The Morgan fingerprint density at radius 3 is 2.52 bits per heavy atom. The molecule has 1 aliphatic rings. The monoisotopic (exact) mass is 290 g/mol. The van der Waals surface area contributed by atoms with E-state index in [4.69, 9.17) is 5.73 Å². The molecular weight excluding hydrogens is 264 g/mol. The second kappa shape index (κ2) is 6.94. The Labute approximate surface area is 126 Å². The molecule has 0 bridgehead atoms. The molecular formula is C17H26N2O2. The number of hydrogen-bond acceptors (Lipinski definition) is 3. The molecule has 0 saturated heterocycles. The van der Waals surface area contributed by atoms with Gasteiger partial charge in [0.15, 0.2) is 0 Å². The first-order valence-electron chi connectivity index (χ1n) is 7.78. The minimum Gasteiger partial charge on any atom is -0.399 e. The largest absolute Gasteiger partial charge is 0.399 e. The van der Waals surface area contributed by atoms with Crippen LogP contribution in [0.5, 0.6) is 0 Å². The highest BCUT2D eigenvalue weighted by Crippen LogP contribution is 2.36. The molecule has 0 aromatic heterocycles. The quantitative estimate of drug-likeness (QED) is 0.704. The average Bonchev–Trinajstić information content (AvgIpc) is 2.95. The van der Waals surface area contributed by atoms with E-state index in [2.05, 4.69) is 5.32 Å². The van der Waals surface area contributed by atoms with E-state index < -0.39 is 0 Å². The van der Waals surface area contributed by atoms with Gasteiger partial charge in [-0.2, -0.15) is 0 Å². The van der Waals surface area contributed by atoms with Crippen LogP contribution in [0.3, 0.4) is 0 Å². The van der Waals surface area contributed by atoms with E-state index in [1.165, 1.54) is 0 Å². The smallest absolute Gasteiger partial charge is 0.220 e. The number of amides is 1. The summed E-state index contributed by atoms with van der Waals surface area (Å²) in [6.45, 7) is 2.81. The molecule has 4 heteroatoms. The molecule has 0 radical (unpaired) electrons. The number of nitrogen functional groups attached to an aromatic ring is 1. The molecule has 1 saturated carbocycles. The van der Waals surface area contributed by atoms with Crippen molar-refractivity contribution in [2.75, 3.05) is 18.9 Å². The molecule has 0 aliphatic heterocycles. The summed E-state index contributed by atoms with van der Waals surface area (Å²) in [4.78, 5) is 12.1. The van der Waals surface area contributed by atoms with Crippen LogP contribution in [0, 0.1) is 5.41 Å². The molecule has 1 unspecified atom stereocenters. The molecule has 1 atom stereocenters. The molecule has 4 nitrogen and oxygen atoms in total. The molecule has 1 aliphatic carbocycles. The molecule has 21 heavy (non-hydrogen) atoms. The van der Waals surface area contributed by atoms with Crippen molar-refractivity contribution in [1.29, 1.82) is 0 Å².